The number of aromatic nitrogens is 2. The fourth-order valence-corrected chi connectivity index (χ4v) is 5.24. The molecule has 0 radical (unpaired) electrons. The fraction of sp³-hybridized carbons (Fsp3) is 0.556. The second kappa shape index (κ2) is 6.97. The zero-order valence-corrected chi connectivity index (χ0v) is 15.3. The van der Waals surface area contributed by atoms with Gasteiger partial charge in [-0.3, -0.25) is 14.8 Å². The number of carbonyl (C=O) groups is 1. The number of nitrogens with one attached hydrogen (secondary N) is 2. The lowest BCUT2D eigenvalue weighted by atomic mass is 9.95. The number of hydrogen-bond donors (Lipinski definition) is 2. The number of carbonyl (C=O) groups excluding carboxylic acids is 1. The number of H-pyrrole nitrogens is 1. The summed E-state index contributed by atoms with van der Waals surface area (Å²) < 4.78 is 5.50. The van der Waals surface area contributed by atoms with E-state index in [9.17, 15) is 4.79 Å². The highest BCUT2D eigenvalue weighted by molar-refractivity contribution is 7.99. The summed E-state index contributed by atoms with van der Waals surface area (Å²) in [5.74, 6) is 2.12. The largest absolute Gasteiger partial charge is 0.379 e. The lowest BCUT2D eigenvalue weighted by Crippen LogP contribution is -2.59. The molecule has 0 spiro atoms. The average Bonchev–Trinajstić information content (AvgIpc) is 3.28. The number of amides is 1. The van der Waals surface area contributed by atoms with Gasteiger partial charge in [0.05, 0.1) is 18.7 Å². The van der Waals surface area contributed by atoms with Gasteiger partial charge in [-0.05, 0) is 31.2 Å². The van der Waals surface area contributed by atoms with Gasteiger partial charge in [0.2, 0.25) is 0 Å². The predicted molar refractivity (Wildman–Crippen MR) is 100 cm³/mol. The first-order valence-corrected chi connectivity index (χ1v) is 9.97. The minimum Gasteiger partial charge on any atom is -0.379 e. The molecule has 1 atom stereocenters. The third kappa shape index (κ3) is 3.28. The molecule has 25 heavy (non-hydrogen) atoms. The Balaban J connectivity index is 1.50. The van der Waals surface area contributed by atoms with E-state index in [1.165, 1.54) is 0 Å². The Morgan fingerprint density at radius 1 is 1.44 bits per heavy atom. The molecule has 2 fully saturated rings. The summed E-state index contributed by atoms with van der Waals surface area (Å²) in [6.07, 6.45) is 1.11. The van der Waals surface area contributed by atoms with Crippen molar-refractivity contribution in [3.63, 3.8) is 0 Å². The molecule has 2 N–H and O–H groups in total. The van der Waals surface area contributed by atoms with E-state index in [1.807, 2.05) is 36.9 Å². The van der Waals surface area contributed by atoms with Crippen LogP contribution in [0.1, 0.15) is 22.5 Å². The van der Waals surface area contributed by atoms with Gasteiger partial charge in [-0.15, -0.1) is 0 Å². The van der Waals surface area contributed by atoms with Crippen LogP contribution in [0.5, 0.6) is 0 Å². The van der Waals surface area contributed by atoms with Crippen molar-refractivity contribution < 1.29 is 9.53 Å². The van der Waals surface area contributed by atoms with Gasteiger partial charge < -0.3 is 10.1 Å². The van der Waals surface area contributed by atoms with E-state index < -0.39 is 0 Å². The van der Waals surface area contributed by atoms with Crippen LogP contribution in [0.4, 0.5) is 0 Å². The van der Waals surface area contributed by atoms with Crippen molar-refractivity contribution in [3.05, 3.63) is 29.5 Å². The summed E-state index contributed by atoms with van der Waals surface area (Å²) in [5.41, 5.74) is 2.56. The molecule has 1 unspecified atom stereocenters. The summed E-state index contributed by atoms with van der Waals surface area (Å²) in [6.45, 7) is 6.14. The number of thioether (sulfide) groups is 1. The van der Waals surface area contributed by atoms with Crippen LogP contribution in [0, 0.1) is 6.92 Å². The van der Waals surface area contributed by atoms with Gasteiger partial charge in [0.25, 0.3) is 5.91 Å². The Kier molecular flexibility index (Phi) is 4.71. The Hall–Kier alpha value is -1.57. The number of nitrogens with zero attached hydrogens (tertiary/aromatic N) is 2. The van der Waals surface area contributed by atoms with Gasteiger partial charge in [-0.2, -0.15) is 16.9 Å². The fourth-order valence-electron chi connectivity index (χ4n) is 3.76. The van der Waals surface area contributed by atoms with Crippen molar-refractivity contribution in [2.24, 2.45) is 0 Å². The van der Waals surface area contributed by atoms with Crippen molar-refractivity contribution in [1.29, 1.82) is 0 Å². The Morgan fingerprint density at radius 2 is 2.28 bits per heavy atom. The van der Waals surface area contributed by atoms with Crippen molar-refractivity contribution in [3.8, 4) is 0 Å². The maximum absolute atomic E-state index is 12.8. The molecule has 2 saturated heterocycles. The highest BCUT2D eigenvalue weighted by Crippen LogP contribution is 2.33. The molecular formula is C18H24N4O2S. The molecule has 7 heteroatoms. The number of rotatable bonds is 4. The monoisotopic (exact) mass is 360 g/mol. The molecule has 1 aromatic carbocycles. The van der Waals surface area contributed by atoms with Gasteiger partial charge in [0.1, 0.15) is 0 Å². The summed E-state index contributed by atoms with van der Waals surface area (Å²) in [5, 5.41) is 11.2. The lowest BCUT2D eigenvalue weighted by Gasteiger charge is -2.43. The number of ether oxygens (including phenoxy) is 1. The highest BCUT2D eigenvalue weighted by Gasteiger charge is 2.41. The van der Waals surface area contributed by atoms with Crippen molar-refractivity contribution in [2.75, 3.05) is 44.4 Å². The molecule has 2 aliphatic rings. The Morgan fingerprint density at radius 3 is 3.04 bits per heavy atom. The van der Waals surface area contributed by atoms with Crippen LogP contribution in [0.3, 0.4) is 0 Å². The first-order chi connectivity index (χ1) is 12.2. The zero-order valence-electron chi connectivity index (χ0n) is 14.5. The standard InChI is InChI=1S/C18H24N4O2S/c1-13-2-3-15-14(10-13)16(21-20-15)17(23)19-11-18(4-9-25-12-18)22-5-7-24-8-6-22/h2-3,10H,4-9,11-12H2,1H3,(H,19,23)(H,20,21). The molecule has 4 rings (SSSR count). The van der Waals surface area contributed by atoms with E-state index in [1.54, 1.807) is 0 Å². The minimum absolute atomic E-state index is 0.0478. The molecule has 2 aromatic rings. The van der Waals surface area contributed by atoms with Crippen LogP contribution in [-0.2, 0) is 4.74 Å². The molecule has 134 valence electrons. The van der Waals surface area contributed by atoms with Gasteiger partial charge in [-0.25, -0.2) is 0 Å². The number of aryl methyl sites for hydroxylation is 1. The van der Waals surface area contributed by atoms with E-state index in [0.29, 0.717) is 12.2 Å². The summed E-state index contributed by atoms with van der Waals surface area (Å²) in [7, 11) is 0. The topological polar surface area (TPSA) is 70.2 Å². The minimum atomic E-state index is -0.0959. The smallest absolute Gasteiger partial charge is 0.272 e. The third-order valence-electron chi connectivity index (χ3n) is 5.28. The van der Waals surface area contributed by atoms with Crippen LogP contribution in [0.25, 0.3) is 10.9 Å². The molecule has 2 aliphatic heterocycles. The maximum atomic E-state index is 12.8. The van der Waals surface area contributed by atoms with Crippen LogP contribution in [0.15, 0.2) is 18.2 Å². The van der Waals surface area contributed by atoms with Crippen molar-refractivity contribution in [2.45, 2.75) is 18.9 Å². The second-order valence-corrected chi connectivity index (χ2v) is 8.04. The molecular weight excluding hydrogens is 336 g/mol. The van der Waals surface area contributed by atoms with E-state index in [4.69, 9.17) is 4.74 Å². The van der Waals surface area contributed by atoms with E-state index in [-0.39, 0.29) is 11.4 Å². The molecule has 6 nitrogen and oxygen atoms in total. The summed E-state index contributed by atoms with van der Waals surface area (Å²) in [6, 6.07) is 6.00. The first kappa shape index (κ1) is 16.9. The zero-order chi connectivity index (χ0) is 17.3. The molecule has 0 bridgehead atoms. The third-order valence-corrected chi connectivity index (χ3v) is 6.51. The first-order valence-electron chi connectivity index (χ1n) is 8.81. The number of benzene rings is 1. The van der Waals surface area contributed by atoms with Crippen molar-refractivity contribution in [1.82, 2.24) is 20.4 Å². The summed E-state index contributed by atoms with van der Waals surface area (Å²) in [4.78, 5) is 15.3. The van der Waals surface area contributed by atoms with Crippen LogP contribution >= 0.6 is 11.8 Å². The van der Waals surface area contributed by atoms with Crippen LogP contribution < -0.4 is 5.32 Å². The quantitative estimate of drug-likeness (QED) is 0.870. The van der Waals surface area contributed by atoms with E-state index >= 15 is 0 Å². The average molecular weight is 360 g/mol. The van der Waals surface area contributed by atoms with E-state index in [0.717, 1.165) is 60.7 Å². The van der Waals surface area contributed by atoms with Gasteiger partial charge in [-0.1, -0.05) is 11.6 Å². The van der Waals surface area contributed by atoms with E-state index in [2.05, 4.69) is 20.4 Å². The molecule has 1 amide bonds. The van der Waals surface area contributed by atoms with Crippen LogP contribution in [0.2, 0.25) is 0 Å². The maximum Gasteiger partial charge on any atom is 0.272 e. The SMILES string of the molecule is Cc1ccc2[nH]nc(C(=O)NCC3(N4CCOCC4)CCSC3)c2c1. The van der Waals surface area contributed by atoms with Crippen LogP contribution in [-0.4, -0.2) is 70.9 Å². The summed E-state index contributed by atoms with van der Waals surface area (Å²) >= 11 is 1.97. The van der Waals surface area contributed by atoms with Gasteiger partial charge in [0, 0.05) is 36.3 Å². The second-order valence-electron chi connectivity index (χ2n) is 6.93. The highest BCUT2D eigenvalue weighted by atomic mass is 32.2. The van der Waals surface area contributed by atoms with Gasteiger partial charge >= 0.3 is 0 Å². The number of aromatic amines is 1. The molecule has 0 aliphatic carbocycles. The van der Waals surface area contributed by atoms with Crippen molar-refractivity contribution >= 4 is 28.6 Å². The number of hydrogen-bond acceptors (Lipinski definition) is 5. The number of fused-ring (bicyclic) bond motifs is 1. The Bertz CT molecular complexity index is 764. The Labute approximate surface area is 151 Å². The molecule has 1 aromatic heterocycles. The lowest BCUT2D eigenvalue weighted by molar-refractivity contribution is -0.0129. The normalized spacial score (nSPS) is 24.7. The molecule has 0 saturated carbocycles. The molecule has 3 heterocycles. The predicted octanol–water partition coefficient (Wildman–Crippen LogP) is 1.81. The number of morpholine rings is 1. The van der Waals surface area contributed by atoms with Gasteiger partial charge in [0.15, 0.2) is 5.69 Å².